The van der Waals surface area contributed by atoms with Crippen LogP contribution in [-0.4, -0.2) is 22.4 Å². The van der Waals surface area contributed by atoms with Crippen molar-refractivity contribution in [1.82, 2.24) is 4.98 Å². The van der Waals surface area contributed by atoms with Crippen molar-refractivity contribution in [2.45, 2.75) is 18.1 Å². The summed E-state index contributed by atoms with van der Waals surface area (Å²) in [6.07, 6.45) is -5.09. The molecule has 1 aromatic rings. The van der Waals surface area contributed by atoms with E-state index in [-0.39, 0.29) is 11.0 Å². The molecule has 1 rings (SSSR count). The Labute approximate surface area is 107 Å². The molecule has 0 atom stereocenters. The Balaban J connectivity index is 3.26. The number of halogens is 5. The highest BCUT2D eigenvalue weighted by Gasteiger charge is 2.34. The van der Waals surface area contributed by atoms with Gasteiger partial charge in [-0.05, 0) is 0 Å². The predicted octanol–water partition coefficient (Wildman–Crippen LogP) is 2.64. The summed E-state index contributed by atoms with van der Waals surface area (Å²) < 4.78 is 53.4. The van der Waals surface area contributed by atoms with E-state index >= 15 is 0 Å². The molecule has 0 aliphatic rings. The van der Waals surface area contributed by atoms with Crippen molar-refractivity contribution in [1.29, 1.82) is 0 Å². The van der Waals surface area contributed by atoms with Gasteiger partial charge in [-0.1, -0.05) is 15.9 Å². The van der Waals surface area contributed by atoms with Crippen LogP contribution in [0.1, 0.15) is 11.3 Å². The first-order valence-corrected chi connectivity index (χ1v) is 5.56. The molecule has 0 radical (unpaired) electrons. The fourth-order valence-corrected chi connectivity index (χ4v) is 1.54. The van der Waals surface area contributed by atoms with Crippen molar-refractivity contribution in [2.24, 2.45) is 0 Å². The molecule has 0 saturated heterocycles. The second kappa shape index (κ2) is 5.51. The van der Waals surface area contributed by atoms with Crippen molar-refractivity contribution in [3.05, 3.63) is 23.3 Å². The number of aliphatic carboxylic acids is 1. The van der Waals surface area contributed by atoms with E-state index in [1.54, 1.807) is 0 Å². The van der Waals surface area contributed by atoms with Crippen LogP contribution >= 0.6 is 15.9 Å². The van der Waals surface area contributed by atoms with Crippen LogP contribution in [0.25, 0.3) is 0 Å². The number of nitrogens with zero attached hydrogens (tertiary/aromatic N) is 1. The second-order valence-corrected chi connectivity index (χ2v) is 3.69. The SMILES string of the molecule is O=C(O)Cc1cnc(CBr)c(F)c1OC(F)(F)F. The lowest BCUT2D eigenvalue weighted by molar-refractivity contribution is -0.276. The van der Waals surface area contributed by atoms with Crippen molar-refractivity contribution >= 4 is 21.9 Å². The van der Waals surface area contributed by atoms with Gasteiger partial charge in [0.15, 0.2) is 11.6 Å². The third-order valence-corrected chi connectivity index (χ3v) is 2.34. The van der Waals surface area contributed by atoms with Crippen LogP contribution in [0.5, 0.6) is 5.75 Å². The Morgan fingerprint density at radius 2 is 2.11 bits per heavy atom. The number of hydrogen-bond acceptors (Lipinski definition) is 3. The molecule has 0 unspecified atom stereocenters. The second-order valence-electron chi connectivity index (χ2n) is 3.13. The number of hydrogen-bond donors (Lipinski definition) is 1. The third kappa shape index (κ3) is 3.83. The average Bonchev–Trinajstić information content (AvgIpc) is 2.21. The maximum Gasteiger partial charge on any atom is 0.573 e. The standard InChI is InChI=1S/C9H6BrF4NO3/c10-2-5-7(11)8(18-9(12,13)14)4(3-15-5)1-6(16)17/h3H,1-2H2,(H,16,17). The molecular formula is C9H6BrF4NO3. The Kier molecular flexibility index (Phi) is 4.49. The van der Waals surface area contributed by atoms with Gasteiger partial charge in [0.25, 0.3) is 0 Å². The monoisotopic (exact) mass is 331 g/mol. The highest BCUT2D eigenvalue weighted by atomic mass is 79.9. The molecule has 0 aliphatic carbocycles. The molecule has 0 aromatic carbocycles. The molecule has 1 N–H and O–H groups in total. The molecule has 0 bridgehead atoms. The molecule has 9 heteroatoms. The summed E-state index contributed by atoms with van der Waals surface area (Å²) in [6, 6.07) is 0. The number of ether oxygens (including phenoxy) is 1. The zero-order chi connectivity index (χ0) is 13.9. The minimum Gasteiger partial charge on any atom is -0.481 e. The van der Waals surface area contributed by atoms with Gasteiger partial charge in [0, 0.05) is 17.1 Å². The number of aromatic nitrogens is 1. The molecule has 0 aliphatic heterocycles. The first-order chi connectivity index (χ1) is 8.24. The minimum absolute atomic E-state index is 0.125. The number of carboxylic acids is 1. The quantitative estimate of drug-likeness (QED) is 0.680. The van der Waals surface area contributed by atoms with Crippen LogP contribution in [-0.2, 0) is 16.5 Å². The van der Waals surface area contributed by atoms with Gasteiger partial charge in [-0.25, -0.2) is 4.39 Å². The fraction of sp³-hybridized carbons (Fsp3) is 0.333. The summed E-state index contributed by atoms with van der Waals surface area (Å²) >= 11 is 2.84. The van der Waals surface area contributed by atoms with Crippen molar-refractivity contribution in [3.63, 3.8) is 0 Å². The summed E-state index contributed by atoms with van der Waals surface area (Å²) in [6.45, 7) is 0. The van der Waals surface area contributed by atoms with E-state index in [2.05, 4.69) is 25.7 Å². The molecule has 0 amide bonds. The first-order valence-electron chi connectivity index (χ1n) is 4.44. The lowest BCUT2D eigenvalue weighted by Gasteiger charge is -2.14. The largest absolute Gasteiger partial charge is 0.573 e. The Morgan fingerprint density at radius 3 is 2.56 bits per heavy atom. The van der Waals surface area contributed by atoms with Crippen LogP contribution in [0.15, 0.2) is 6.20 Å². The predicted molar refractivity (Wildman–Crippen MR) is 54.8 cm³/mol. The smallest absolute Gasteiger partial charge is 0.481 e. The maximum absolute atomic E-state index is 13.6. The van der Waals surface area contributed by atoms with Gasteiger partial charge in [-0.15, -0.1) is 13.2 Å². The Hall–Kier alpha value is -1.38. The third-order valence-electron chi connectivity index (χ3n) is 1.81. The molecule has 0 spiro atoms. The number of carboxylic acid groups (broad SMARTS) is 1. The molecule has 0 fully saturated rings. The number of pyridine rings is 1. The van der Waals surface area contributed by atoms with Gasteiger partial charge in [0.1, 0.15) is 0 Å². The van der Waals surface area contributed by atoms with Crippen LogP contribution in [0, 0.1) is 5.82 Å². The molecular weight excluding hydrogens is 326 g/mol. The van der Waals surface area contributed by atoms with Gasteiger partial charge in [-0.3, -0.25) is 9.78 Å². The first kappa shape index (κ1) is 14.7. The van der Waals surface area contributed by atoms with E-state index in [4.69, 9.17) is 5.11 Å². The molecule has 4 nitrogen and oxygen atoms in total. The highest BCUT2D eigenvalue weighted by molar-refractivity contribution is 9.08. The van der Waals surface area contributed by atoms with Gasteiger partial charge in [0.05, 0.1) is 12.1 Å². The average molecular weight is 332 g/mol. The highest BCUT2D eigenvalue weighted by Crippen LogP contribution is 2.31. The van der Waals surface area contributed by atoms with Gasteiger partial charge in [0.2, 0.25) is 0 Å². The van der Waals surface area contributed by atoms with Crippen molar-refractivity contribution in [2.75, 3.05) is 0 Å². The normalized spacial score (nSPS) is 11.4. The minimum atomic E-state index is -5.11. The number of rotatable bonds is 4. The summed E-state index contributed by atoms with van der Waals surface area (Å²) in [5.74, 6) is -3.91. The zero-order valence-corrected chi connectivity index (χ0v) is 10.2. The molecule has 18 heavy (non-hydrogen) atoms. The summed E-state index contributed by atoms with van der Waals surface area (Å²) in [5.41, 5.74) is -0.787. The lowest BCUT2D eigenvalue weighted by atomic mass is 10.1. The summed E-state index contributed by atoms with van der Waals surface area (Å²) in [4.78, 5) is 14.0. The van der Waals surface area contributed by atoms with E-state index in [1.807, 2.05) is 0 Å². The van der Waals surface area contributed by atoms with E-state index in [0.29, 0.717) is 0 Å². The van der Waals surface area contributed by atoms with E-state index in [9.17, 15) is 22.4 Å². The number of alkyl halides is 4. The maximum atomic E-state index is 13.6. The Bertz CT molecular complexity index is 464. The zero-order valence-electron chi connectivity index (χ0n) is 8.59. The van der Waals surface area contributed by atoms with Crippen LogP contribution in [0.2, 0.25) is 0 Å². The van der Waals surface area contributed by atoms with E-state index in [1.165, 1.54) is 0 Å². The molecule has 1 aromatic heterocycles. The van der Waals surface area contributed by atoms with Gasteiger partial charge in [-0.2, -0.15) is 0 Å². The van der Waals surface area contributed by atoms with Gasteiger partial charge < -0.3 is 9.84 Å². The molecule has 1 heterocycles. The van der Waals surface area contributed by atoms with E-state index < -0.39 is 35.9 Å². The summed E-state index contributed by atoms with van der Waals surface area (Å²) in [7, 11) is 0. The fourth-order valence-electron chi connectivity index (χ4n) is 1.15. The number of carbonyl (C=O) groups is 1. The van der Waals surface area contributed by atoms with Crippen LogP contribution in [0.4, 0.5) is 17.6 Å². The van der Waals surface area contributed by atoms with Crippen molar-refractivity contribution in [3.8, 4) is 5.75 Å². The Morgan fingerprint density at radius 1 is 1.50 bits per heavy atom. The van der Waals surface area contributed by atoms with Gasteiger partial charge >= 0.3 is 12.3 Å². The van der Waals surface area contributed by atoms with E-state index in [0.717, 1.165) is 6.20 Å². The van der Waals surface area contributed by atoms with Crippen LogP contribution < -0.4 is 4.74 Å². The topological polar surface area (TPSA) is 59.4 Å². The summed E-state index contributed by atoms with van der Waals surface area (Å²) in [5, 5.41) is 8.39. The van der Waals surface area contributed by atoms with Crippen molar-refractivity contribution < 1.29 is 32.2 Å². The molecule has 0 saturated carbocycles. The molecule has 100 valence electrons. The van der Waals surface area contributed by atoms with Crippen LogP contribution in [0.3, 0.4) is 0 Å². The lowest BCUT2D eigenvalue weighted by Crippen LogP contribution is -2.20.